The van der Waals surface area contributed by atoms with Crippen LogP contribution in [0.2, 0.25) is 0 Å². The number of aliphatic hydroxyl groups is 1. The quantitative estimate of drug-likeness (QED) is 0.715. The van der Waals surface area contributed by atoms with Crippen LogP contribution in [0, 0.1) is 5.92 Å². The Morgan fingerprint density at radius 1 is 1.27 bits per heavy atom. The van der Waals surface area contributed by atoms with Crippen LogP contribution >= 0.6 is 0 Å². The lowest BCUT2D eigenvalue weighted by molar-refractivity contribution is 0.0872. The summed E-state index contributed by atoms with van der Waals surface area (Å²) in [5.41, 5.74) is 1.29. The highest BCUT2D eigenvalue weighted by Gasteiger charge is 2.34. The molecule has 4 rings (SSSR count). The van der Waals surface area contributed by atoms with Crippen molar-refractivity contribution >= 4 is 5.91 Å². The molecular weight excluding hydrogens is 332 g/mol. The number of hydrogen-bond donors (Lipinski definition) is 2. The van der Waals surface area contributed by atoms with Crippen LogP contribution in [0.25, 0.3) is 5.69 Å². The molecule has 2 aromatic heterocycles. The molecule has 0 aliphatic heterocycles. The average molecular weight is 352 g/mol. The van der Waals surface area contributed by atoms with E-state index in [1.54, 1.807) is 41.7 Å². The van der Waals surface area contributed by atoms with Crippen molar-refractivity contribution in [3.05, 3.63) is 61.2 Å². The number of carbonyl (C=O) groups excluding carboxylic acids is 1. The zero-order valence-corrected chi connectivity index (χ0v) is 14.1. The summed E-state index contributed by atoms with van der Waals surface area (Å²) in [5, 5.41) is 17.4. The van der Waals surface area contributed by atoms with E-state index in [2.05, 4.69) is 20.4 Å². The fraction of sp³-hybridized carbons (Fsp3) is 0.333. The van der Waals surface area contributed by atoms with Crippen LogP contribution in [-0.4, -0.2) is 47.5 Å². The zero-order chi connectivity index (χ0) is 17.9. The maximum Gasteiger partial charge on any atom is 0.251 e. The van der Waals surface area contributed by atoms with Gasteiger partial charge in [-0.25, -0.2) is 14.6 Å². The standard InChI is InChI=1S/C18H20N6O2/c25-17-7-13(9-23-5-4-19-11-23)6-16(17)22-18(26)14-2-1-3-15(8-14)24-12-20-10-21-24/h1-5,8,10-13,16-17,25H,6-7,9H2,(H,22,26)/t13?,16-,17-/m1/s1. The third-order valence-corrected chi connectivity index (χ3v) is 4.76. The van der Waals surface area contributed by atoms with Crippen molar-refractivity contribution in [1.82, 2.24) is 29.6 Å². The van der Waals surface area contributed by atoms with Crippen LogP contribution in [0.4, 0.5) is 0 Å². The lowest BCUT2D eigenvalue weighted by Gasteiger charge is -2.17. The number of nitrogens with one attached hydrogen (secondary N) is 1. The Morgan fingerprint density at radius 2 is 2.19 bits per heavy atom. The molecule has 0 bridgehead atoms. The second-order valence-electron chi connectivity index (χ2n) is 6.63. The lowest BCUT2D eigenvalue weighted by atomic mass is 10.1. The summed E-state index contributed by atoms with van der Waals surface area (Å²) in [6, 6.07) is 6.93. The van der Waals surface area contributed by atoms with Gasteiger partial charge in [-0.15, -0.1) is 0 Å². The predicted molar refractivity (Wildman–Crippen MR) is 93.6 cm³/mol. The number of nitrogens with zero attached hydrogens (tertiary/aromatic N) is 5. The smallest absolute Gasteiger partial charge is 0.251 e. The van der Waals surface area contributed by atoms with Gasteiger partial charge in [0.1, 0.15) is 12.7 Å². The first-order chi connectivity index (χ1) is 12.7. The maximum atomic E-state index is 12.6. The highest BCUT2D eigenvalue weighted by molar-refractivity contribution is 5.95. The van der Waals surface area contributed by atoms with Gasteiger partial charge >= 0.3 is 0 Å². The SMILES string of the molecule is O=C(N[C@@H]1CC(Cn2ccnc2)C[C@H]1O)c1cccc(-n2cncn2)c1. The fourth-order valence-electron chi connectivity index (χ4n) is 3.50. The number of rotatable bonds is 5. The van der Waals surface area contributed by atoms with Gasteiger partial charge in [-0.3, -0.25) is 4.79 Å². The molecular formula is C18H20N6O2. The summed E-state index contributed by atoms with van der Waals surface area (Å²) in [6.07, 6.45) is 9.33. The molecule has 2 N–H and O–H groups in total. The van der Waals surface area contributed by atoms with Gasteiger partial charge in [0.25, 0.3) is 5.91 Å². The number of benzene rings is 1. The lowest BCUT2D eigenvalue weighted by Crippen LogP contribution is -2.39. The summed E-state index contributed by atoms with van der Waals surface area (Å²) in [4.78, 5) is 20.6. The Hall–Kier alpha value is -3.00. The molecule has 134 valence electrons. The summed E-state index contributed by atoms with van der Waals surface area (Å²) in [7, 11) is 0. The molecule has 8 nitrogen and oxygen atoms in total. The molecule has 1 amide bonds. The van der Waals surface area contributed by atoms with E-state index in [1.165, 1.54) is 6.33 Å². The second-order valence-corrected chi connectivity index (χ2v) is 6.63. The zero-order valence-electron chi connectivity index (χ0n) is 14.1. The Morgan fingerprint density at radius 3 is 2.96 bits per heavy atom. The first-order valence-electron chi connectivity index (χ1n) is 8.59. The minimum Gasteiger partial charge on any atom is -0.391 e. The van der Waals surface area contributed by atoms with Gasteiger partial charge in [0.05, 0.1) is 24.2 Å². The summed E-state index contributed by atoms with van der Waals surface area (Å²) in [6.45, 7) is 0.797. The van der Waals surface area contributed by atoms with E-state index in [9.17, 15) is 9.90 Å². The van der Waals surface area contributed by atoms with Crippen molar-refractivity contribution in [3.63, 3.8) is 0 Å². The van der Waals surface area contributed by atoms with Crippen LogP contribution in [0.5, 0.6) is 0 Å². The number of imidazole rings is 1. The molecule has 1 aliphatic rings. The molecule has 0 saturated heterocycles. The largest absolute Gasteiger partial charge is 0.391 e. The minimum absolute atomic E-state index is 0.195. The molecule has 1 aromatic carbocycles. The number of hydrogen-bond acceptors (Lipinski definition) is 5. The van der Waals surface area contributed by atoms with E-state index < -0.39 is 6.10 Å². The average Bonchev–Trinajstić information content (AvgIpc) is 3.39. The van der Waals surface area contributed by atoms with E-state index in [1.807, 2.05) is 16.8 Å². The summed E-state index contributed by atoms with van der Waals surface area (Å²) >= 11 is 0. The van der Waals surface area contributed by atoms with Crippen molar-refractivity contribution in [1.29, 1.82) is 0 Å². The number of aromatic nitrogens is 5. The summed E-state index contributed by atoms with van der Waals surface area (Å²) in [5.74, 6) is 0.116. The maximum absolute atomic E-state index is 12.6. The highest BCUT2D eigenvalue weighted by Crippen LogP contribution is 2.28. The van der Waals surface area contributed by atoms with Crippen molar-refractivity contribution in [2.45, 2.75) is 31.5 Å². The van der Waals surface area contributed by atoms with Gasteiger partial charge in [-0.05, 0) is 37.0 Å². The molecule has 26 heavy (non-hydrogen) atoms. The van der Waals surface area contributed by atoms with Crippen LogP contribution in [0.3, 0.4) is 0 Å². The second kappa shape index (κ2) is 7.09. The number of carbonyl (C=O) groups is 1. The molecule has 1 saturated carbocycles. The minimum atomic E-state index is -0.536. The van der Waals surface area contributed by atoms with Gasteiger partial charge in [-0.2, -0.15) is 5.10 Å². The molecule has 1 unspecified atom stereocenters. The van der Waals surface area contributed by atoms with Gasteiger partial charge < -0.3 is 15.0 Å². The normalized spacial score (nSPS) is 22.4. The Balaban J connectivity index is 1.41. The molecule has 0 radical (unpaired) electrons. The Bertz CT molecular complexity index is 862. The van der Waals surface area contributed by atoms with Gasteiger partial charge in [0, 0.05) is 24.5 Å². The summed E-state index contributed by atoms with van der Waals surface area (Å²) < 4.78 is 3.60. The van der Waals surface area contributed by atoms with Crippen molar-refractivity contribution in [2.75, 3.05) is 0 Å². The van der Waals surface area contributed by atoms with E-state index in [0.29, 0.717) is 17.9 Å². The molecule has 0 spiro atoms. The predicted octanol–water partition coefficient (Wildman–Crippen LogP) is 1.03. The van der Waals surface area contributed by atoms with E-state index in [-0.39, 0.29) is 11.9 Å². The van der Waals surface area contributed by atoms with Gasteiger partial charge in [-0.1, -0.05) is 6.07 Å². The van der Waals surface area contributed by atoms with Crippen LogP contribution in [0.15, 0.2) is 55.6 Å². The Kier molecular flexibility index (Phi) is 4.49. The third kappa shape index (κ3) is 3.50. The molecule has 8 heteroatoms. The highest BCUT2D eigenvalue weighted by atomic mass is 16.3. The molecule has 2 heterocycles. The number of amides is 1. The third-order valence-electron chi connectivity index (χ3n) is 4.76. The van der Waals surface area contributed by atoms with Crippen molar-refractivity contribution in [2.24, 2.45) is 5.92 Å². The van der Waals surface area contributed by atoms with Crippen LogP contribution in [0.1, 0.15) is 23.2 Å². The van der Waals surface area contributed by atoms with Crippen molar-refractivity contribution in [3.8, 4) is 5.69 Å². The van der Waals surface area contributed by atoms with Crippen LogP contribution in [-0.2, 0) is 6.54 Å². The van der Waals surface area contributed by atoms with E-state index in [4.69, 9.17) is 0 Å². The molecule has 3 atom stereocenters. The van der Waals surface area contributed by atoms with Crippen LogP contribution < -0.4 is 5.32 Å². The topological polar surface area (TPSA) is 97.9 Å². The van der Waals surface area contributed by atoms with E-state index >= 15 is 0 Å². The first-order valence-corrected chi connectivity index (χ1v) is 8.59. The first kappa shape index (κ1) is 16.5. The molecule has 1 aliphatic carbocycles. The fourth-order valence-corrected chi connectivity index (χ4v) is 3.50. The van der Waals surface area contributed by atoms with Crippen molar-refractivity contribution < 1.29 is 9.90 Å². The number of aliphatic hydroxyl groups excluding tert-OH is 1. The van der Waals surface area contributed by atoms with E-state index in [0.717, 1.165) is 18.7 Å². The van der Waals surface area contributed by atoms with Gasteiger partial charge in [0.2, 0.25) is 0 Å². The monoisotopic (exact) mass is 352 g/mol. The van der Waals surface area contributed by atoms with Gasteiger partial charge in [0.15, 0.2) is 0 Å². The molecule has 3 aromatic rings. The Labute approximate surface area is 150 Å². The molecule has 1 fully saturated rings.